The molecule has 0 N–H and O–H groups in total. The average molecular weight is 342 g/mol. The van der Waals surface area contributed by atoms with Gasteiger partial charge in [0.1, 0.15) is 0 Å². The van der Waals surface area contributed by atoms with Gasteiger partial charge in [-0.1, -0.05) is 6.07 Å². The standard InChI is InChI=1S/C18H22N4O3/c1-5-23-15-8-7-13(9-16(15)24-6-2)10-17-19-20-18(25-17)14-11-22(4)21-12(14)3/h7-9,11H,5-6,10H2,1-4H3. The van der Waals surface area contributed by atoms with Crippen LogP contribution >= 0.6 is 0 Å². The fraction of sp³-hybridized carbons (Fsp3) is 0.389. The smallest absolute Gasteiger partial charge is 0.251 e. The molecule has 0 spiro atoms. The van der Waals surface area contributed by atoms with Crippen LogP contribution < -0.4 is 9.47 Å². The summed E-state index contributed by atoms with van der Waals surface area (Å²) in [5.74, 6) is 2.50. The summed E-state index contributed by atoms with van der Waals surface area (Å²) in [4.78, 5) is 0. The molecule has 7 heteroatoms. The molecular weight excluding hydrogens is 320 g/mol. The Hall–Kier alpha value is -2.83. The lowest BCUT2D eigenvalue weighted by molar-refractivity contribution is 0.287. The van der Waals surface area contributed by atoms with E-state index in [-0.39, 0.29) is 0 Å². The lowest BCUT2D eigenvalue weighted by Crippen LogP contribution is -1.99. The summed E-state index contributed by atoms with van der Waals surface area (Å²) in [6.45, 7) is 6.98. The maximum absolute atomic E-state index is 5.80. The van der Waals surface area contributed by atoms with Gasteiger partial charge in [0.2, 0.25) is 5.89 Å². The molecular formula is C18H22N4O3. The van der Waals surface area contributed by atoms with Gasteiger partial charge >= 0.3 is 0 Å². The van der Waals surface area contributed by atoms with Crippen molar-refractivity contribution in [3.63, 3.8) is 0 Å². The largest absolute Gasteiger partial charge is 0.490 e. The summed E-state index contributed by atoms with van der Waals surface area (Å²) >= 11 is 0. The second kappa shape index (κ2) is 7.38. The normalized spacial score (nSPS) is 10.9. The number of ether oxygens (including phenoxy) is 2. The molecule has 2 heterocycles. The van der Waals surface area contributed by atoms with Crippen LogP contribution in [-0.4, -0.2) is 33.2 Å². The van der Waals surface area contributed by atoms with E-state index in [1.807, 2.05) is 52.2 Å². The summed E-state index contributed by atoms with van der Waals surface area (Å²) in [6.07, 6.45) is 2.40. The Labute approximate surface area is 146 Å². The summed E-state index contributed by atoms with van der Waals surface area (Å²) in [7, 11) is 1.86. The number of benzene rings is 1. The molecule has 0 aliphatic rings. The molecule has 0 fully saturated rings. The Balaban J connectivity index is 1.81. The third-order valence-electron chi connectivity index (χ3n) is 3.67. The minimum absolute atomic E-state index is 0.483. The first-order valence-electron chi connectivity index (χ1n) is 8.32. The van der Waals surface area contributed by atoms with Crippen molar-refractivity contribution < 1.29 is 13.9 Å². The van der Waals surface area contributed by atoms with Crippen LogP contribution in [0.15, 0.2) is 28.8 Å². The molecule has 0 amide bonds. The highest BCUT2D eigenvalue weighted by atomic mass is 16.5. The van der Waals surface area contributed by atoms with Gasteiger partial charge in [-0.05, 0) is 38.5 Å². The number of aromatic nitrogens is 4. The molecule has 0 saturated carbocycles. The van der Waals surface area contributed by atoms with Crippen LogP contribution in [0.3, 0.4) is 0 Å². The lowest BCUT2D eigenvalue weighted by Gasteiger charge is -2.11. The van der Waals surface area contributed by atoms with E-state index in [2.05, 4.69) is 15.3 Å². The van der Waals surface area contributed by atoms with Crippen molar-refractivity contribution in [2.24, 2.45) is 7.05 Å². The van der Waals surface area contributed by atoms with Gasteiger partial charge in [0, 0.05) is 13.2 Å². The second-order valence-electron chi connectivity index (χ2n) is 5.63. The number of aryl methyl sites for hydroxylation is 2. The molecule has 25 heavy (non-hydrogen) atoms. The highest BCUT2D eigenvalue weighted by molar-refractivity contribution is 5.54. The van der Waals surface area contributed by atoms with Gasteiger partial charge in [-0.25, -0.2) is 0 Å². The van der Waals surface area contributed by atoms with Gasteiger partial charge in [-0.15, -0.1) is 10.2 Å². The Morgan fingerprint density at radius 1 is 1.08 bits per heavy atom. The van der Waals surface area contributed by atoms with E-state index < -0.39 is 0 Å². The van der Waals surface area contributed by atoms with Crippen molar-refractivity contribution in [3.05, 3.63) is 41.5 Å². The molecule has 132 valence electrons. The zero-order valence-electron chi connectivity index (χ0n) is 14.9. The molecule has 0 bridgehead atoms. The van der Waals surface area contributed by atoms with Crippen LogP contribution in [0.2, 0.25) is 0 Å². The zero-order valence-corrected chi connectivity index (χ0v) is 14.9. The summed E-state index contributed by atoms with van der Waals surface area (Å²) < 4.78 is 18.8. The maximum Gasteiger partial charge on any atom is 0.251 e. The van der Waals surface area contributed by atoms with Crippen molar-refractivity contribution in [1.29, 1.82) is 0 Å². The van der Waals surface area contributed by atoms with Crippen molar-refractivity contribution in [2.75, 3.05) is 13.2 Å². The number of rotatable bonds is 7. The molecule has 1 aromatic carbocycles. The minimum atomic E-state index is 0.483. The van der Waals surface area contributed by atoms with Crippen LogP contribution in [0.5, 0.6) is 11.5 Å². The van der Waals surface area contributed by atoms with Crippen LogP contribution in [0.4, 0.5) is 0 Å². The molecule has 0 unspecified atom stereocenters. The van der Waals surface area contributed by atoms with Gasteiger partial charge in [0.15, 0.2) is 11.5 Å². The van der Waals surface area contributed by atoms with Crippen LogP contribution in [0, 0.1) is 6.92 Å². The van der Waals surface area contributed by atoms with Gasteiger partial charge in [-0.2, -0.15) is 5.10 Å². The Kier molecular flexibility index (Phi) is 5.02. The van der Waals surface area contributed by atoms with E-state index in [0.717, 1.165) is 28.3 Å². The summed E-state index contributed by atoms with van der Waals surface area (Å²) in [5, 5.41) is 12.6. The summed E-state index contributed by atoms with van der Waals surface area (Å²) in [6, 6.07) is 5.84. The highest BCUT2D eigenvalue weighted by Gasteiger charge is 2.15. The zero-order chi connectivity index (χ0) is 17.8. The van der Waals surface area contributed by atoms with Crippen molar-refractivity contribution in [1.82, 2.24) is 20.0 Å². The molecule has 7 nitrogen and oxygen atoms in total. The third-order valence-corrected chi connectivity index (χ3v) is 3.67. The van der Waals surface area contributed by atoms with E-state index >= 15 is 0 Å². The Morgan fingerprint density at radius 2 is 1.84 bits per heavy atom. The van der Waals surface area contributed by atoms with Crippen molar-refractivity contribution in [3.8, 4) is 23.0 Å². The average Bonchev–Trinajstić information content (AvgIpc) is 3.16. The van der Waals surface area contributed by atoms with E-state index in [1.54, 1.807) is 4.68 Å². The third kappa shape index (κ3) is 3.81. The monoisotopic (exact) mass is 342 g/mol. The number of hydrogen-bond donors (Lipinski definition) is 0. The maximum atomic E-state index is 5.80. The van der Waals surface area contributed by atoms with Gasteiger partial charge in [0.05, 0.1) is 30.9 Å². The van der Waals surface area contributed by atoms with E-state index in [1.165, 1.54) is 0 Å². The van der Waals surface area contributed by atoms with Gasteiger partial charge < -0.3 is 13.9 Å². The van der Waals surface area contributed by atoms with Crippen molar-refractivity contribution >= 4 is 0 Å². The summed E-state index contributed by atoms with van der Waals surface area (Å²) in [5.41, 5.74) is 2.73. The van der Waals surface area contributed by atoms with E-state index in [9.17, 15) is 0 Å². The molecule has 2 aromatic heterocycles. The Morgan fingerprint density at radius 3 is 2.52 bits per heavy atom. The predicted octanol–water partition coefficient (Wildman–Crippen LogP) is 3.17. The first-order valence-corrected chi connectivity index (χ1v) is 8.32. The van der Waals surface area contributed by atoms with Crippen LogP contribution in [-0.2, 0) is 13.5 Å². The first kappa shape index (κ1) is 17.0. The van der Waals surface area contributed by atoms with Gasteiger partial charge in [-0.3, -0.25) is 4.68 Å². The Bertz CT molecular complexity index is 854. The minimum Gasteiger partial charge on any atom is -0.490 e. The molecule has 0 radical (unpaired) electrons. The molecule has 0 atom stereocenters. The highest BCUT2D eigenvalue weighted by Crippen LogP contribution is 2.29. The second-order valence-corrected chi connectivity index (χ2v) is 5.63. The predicted molar refractivity (Wildman–Crippen MR) is 92.8 cm³/mol. The molecule has 3 rings (SSSR count). The number of nitrogens with zero attached hydrogens (tertiary/aromatic N) is 4. The van der Waals surface area contributed by atoms with Crippen molar-refractivity contribution in [2.45, 2.75) is 27.2 Å². The molecule has 0 aliphatic heterocycles. The first-order chi connectivity index (χ1) is 12.1. The van der Waals surface area contributed by atoms with Crippen LogP contribution in [0.1, 0.15) is 31.0 Å². The molecule has 3 aromatic rings. The quantitative estimate of drug-likeness (QED) is 0.656. The SMILES string of the molecule is CCOc1ccc(Cc2nnc(-c3cn(C)nc3C)o2)cc1OCC. The fourth-order valence-electron chi connectivity index (χ4n) is 2.62. The van der Waals surface area contributed by atoms with Gasteiger partial charge in [0.25, 0.3) is 5.89 Å². The number of hydrogen-bond acceptors (Lipinski definition) is 6. The lowest BCUT2D eigenvalue weighted by atomic mass is 10.1. The van der Waals surface area contributed by atoms with E-state index in [0.29, 0.717) is 31.4 Å². The fourth-order valence-corrected chi connectivity index (χ4v) is 2.62. The van der Waals surface area contributed by atoms with Crippen LogP contribution in [0.25, 0.3) is 11.5 Å². The molecule has 0 aliphatic carbocycles. The topological polar surface area (TPSA) is 75.2 Å². The van der Waals surface area contributed by atoms with E-state index in [4.69, 9.17) is 13.9 Å². The molecule has 0 saturated heterocycles.